The molecule has 1 aliphatic rings. The van der Waals surface area contributed by atoms with Crippen molar-refractivity contribution in [1.29, 1.82) is 0 Å². The molecule has 0 aromatic heterocycles. The monoisotopic (exact) mass is 260 g/mol. The number of ether oxygens (including phenoxy) is 2. The highest BCUT2D eigenvalue weighted by atomic mass is 16.5. The largest absolute Gasteiger partial charge is 0.480 e. The zero-order valence-corrected chi connectivity index (χ0v) is 10.7. The molecule has 0 spiro atoms. The number of carboxylic acid groups (broad SMARTS) is 1. The van der Waals surface area contributed by atoms with Crippen molar-refractivity contribution in [2.45, 2.75) is 25.0 Å². The van der Waals surface area contributed by atoms with Crippen molar-refractivity contribution in [3.8, 4) is 0 Å². The van der Waals surface area contributed by atoms with E-state index in [1.807, 2.05) is 6.92 Å². The quantitative estimate of drug-likeness (QED) is 0.516. The van der Waals surface area contributed by atoms with E-state index in [2.05, 4.69) is 10.6 Å². The molecule has 7 heteroatoms. The van der Waals surface area contributed by atoms with E-state index < -0.39 is 17.9 Å². The average Bonchev–Trinajstić information content (AvgIpc) is 2.29. The summed E-state index contributed by atoms with van der Waals surface area (Å²) in [7, 11) is 1.48. The number of carboxylic acids is 1. The van der Waals surface area contributed by atoms with Gasteiger partial charge in [0.25, 0.3) is 0 Å². The van der Waals surface area contributed by atoms with Crippen LogP contribution in [0, 0.1) is 0 Å². The van der Waals surface area contributed by atoms with E-state index in [1.54, 1.807) is 0 Å². The Kier molecular flexibility index (Phi) is 5.52. The molecule has 1 amide bonds. The van der Waals surface area contributed by atoms with E-state index >= 15 is 0 Å². The van der Waals surface area contributed by atoms with Crippen molar-refractivity contribution in [3.63, 3.8) is 0 Å². The van der Waals surface area contributed by atoms with Crippen molar-refractivity contribution in [2.24, 2.45) is 0 Å². The lowest BCUT2D eigenvalue weighted by Gasteiger charge is -2.38. The third kappa shape index (κ3) is 4.59. The fraction of sp³-hybridized carbons (Fsp3) is 0.818. The highest BCUT2D eigenvalue weighted by Gasteiger charge is 2.33. The summed E-state index contributed by atoms with van der Waals surface area (Å²) in [6.45, 7) is 3.45. The van der Waals surface area contributed by atoms with Crippen LogP contribution in [-0.4, -0.2) is 62.0 Å². The van der Waals surface area contributed by atoms with E-state index in [-0.39, 0.29) is 25.2 Å². The summed E-state index contributed by atoms with van der Waals surface area (Å²) < 4.78 is 10.2. The van der Waals surface area contributed by atoms with Crippen LogP contribution in [-0.2, 0) is 19.1 Å². The minimum Gasteiger partial charge on any atom is -0.480 e. The molecule has 1 rings (SSSR count). The van der Waals surface area contributed by atoms with Crippen LogP contribution >= 0.6 is 0 Å². The molecule has 7 nitrogen and oxygen atoms in total. The van der Waals surface area contributed by atoms with E-state index in [1.165, 1.54) is 7.11 Å². The standard InChI is InChI=1S/C11H20N2O5/c1-11(6-12-7-11)18-5-9(14)13-8(10(15)16)3-4-17-2/h8,12H,3-7H2,1-2H3,(H,13,14)(H,15,16). The topological polar surface area (TPSA) is 96.9 Å². The Labute approximate surface area is 106 Å². The summed E-state index contributed by atoms with van der Waals surface area (Å²) >= 11 is 0. The molecule has 1 saturated heterocycles. The van der Waals surface area contributed by atoms with Gasteiger partial charge in [-0.2, -0.15) is 0 Å². The Morgan fingerprint density at radius 2 is 2.17 bits per heavy atom. The molecule has 104 valence electrons. The first-order chi connectivity index (χ1) is 8.47. The number of carbonyl (C=O) groups is 2. The molecule has 0 aromatic rings. The fourth-order valence-corrected chi connectivity index (χ4v) is 1.55. The van der Waals surface area contributed by atoms with E-state index in [4.69, 9.17) is 14.6 Å². The van der Waals surface area contributed by atoms with E-state index in [0.29, 0.717) is 13.1 Å². The van der Waals surface area contributed by atoms with Gasteiger partial charge in [-0.05, 0) is 6.92 Å². The second kappa shape index (κ2) is 6.67. The van der Waals surface area contributed by atoms with Crippen LogP contribution in [0.4, 0.5) is 0 Å². The van der Waals surface area contributed by atoms with Gasteiger partial charge in [-0.1, -0.05) is 0 Å². The highest BCUT2D eigenvalue weighted by molar-refractivity contribution is 5.84. The lowest BCUT2D eigenvalue weighted by molar-refractivity contribution is -0.145. The van der Waals surface area contributed by atoms with Crippen molar-refractivity contribution in [3.05, 3.63) is 0 Å². The van der Waals surface area contributed by atoms with Crippen LogP contribution in [0.5, 0.6) is 0 Å². The third-order valence-corrected chi connectivity index (χ3v) is 2.79. The van der Waals surface area contributed by atoms with Crippen molar-refractivity contribution < 1.29 is 24.2 Å². The Balaban J connectivity index is 2.29. The molecular weight excluding hydrogens is 240 g/mol. The van der Waals surface area contributed by atoms with Gasteiger partial charge in [0.1, 0.15) is 12.6 Å². The maximum absolute atomic E-state index is 11.5. The summed E-state index contributed by atoms with van der Waals surface area (Å²) in [5, 5.41) is 14.4. The van der Waals surface area contributed by atoms with Crippen LogP contribution < -0.4 is 10.6 Å². The summed E-state index contributed by atoms with van der Waals surface area (Å²) in [4.78, 5) is 22.4. The molecule has 1 heterocycles. The zero-order valence-electron chi connectivity index (χ0n) is 10.7. The van der Waals surface area contributed by atoms with Gasteiger partial charge in [-0.3, -0.25) is 4.79 Å². The number of rotatable bonds is 8. The fourth-order valence-electron chi connectivity index (χ4n) is 1.55. The predicted molar refractivity (Wildman–Crippen MR) is 63.3 cm³/mol. The molecule has 1 aliphatic heterocycles. The number of methoxy groups -OCH3 is 1. The van der Waals surface area contributed by atoms with Crippen LogP contribution in [0.1, 0.15) is 13.3 Å². The zero-order chi connectivity index (χ0) is 13.6. The predicted octanol–water partition coefficient (Wildman–Crippen LogP) is -1.03. The van der Waals surface area contributed by atoms with Crippen LogP contribution in [0.2, 0.25) is 0 Å². The second-order valence-corrected chi connectivity index (χ2v) is 4.58. The first kappa shape index (κ1) is 14.9. The molecule has 3 N–H and O–H groups in total. The van der Waals surface area contributed by atoms with Gasteiger partial charge >= 0.3 is 5.97 Å². The van der Waals surface area contributed by atoms with Gasteiger partial charge in [-0.25, -0.2) is 4.79 Å². The number of amides is 1. The summed E-state index contributed by atoms with van der Waals surface area (Å²) in [6, 6.07) is -0.937. The summed E-state index contributed by atoms with van der Waals surface area (Å²) in [5.74, 6) is -1.50. The number of hydrogen-bond donors (Lipinski definition) is 3. The Morgan fingerprint density at radius 1 is 1.50 bits per heavy atom. The molecule has 1 atom stereocenters. The average molecular weight is 260 g/mol. The first-order valence-electron chi connectivity index (χ1n) is 5.82. The summed E-state index contributed by atoms with van der Waals surface area (Å²) in [6.07, 6.45) is 0.233. The molecule has 0 aromatic carbocycles. The number of hydrogen-bond acceptors (Lipinski definition) is 5. The van der Waals surface area contributed by atoms with Crippen molar-refractivity contribution in [2.75, 3.05) is 33.4 Å². The summed E-state index contributed by atoms with van der Waals surface area (Å²) in [5.41, 5.74) is -0.317. The molecule has 1 unspecified atom stereocenters. The molecule has 0 aliphatic carbocycles. The van der Waals surface area contributed by atoms with Gasteiger partial charge in [0.05, 0.1) is 5.60 Å². The third-order valence-electron chi connectivity index (χ3n) is 2.79. The van der Waals surface area contributed by atoms with Gasteiger partial charge in [-0.15, -0.1) is 0 Å². The second-order valence-electron chi connectivity index (χ2n) is 4.58. The lowest BCUT2D eigenvalue weighted by atomic mass is 10.0. The molecule has 18 heavy (non-hydrogen) atoms. The normalized spacial score (nSPS) is 18.8. The molecule has 0 saturated carbocycles. The van der Waals surface area contributed by atoms with Gasteiger partial charge in [0, 0.05) is 33.2 Å². The Bertz CT molecular complexity index is 304. The number of aliphatic carboxylic acids is 1. The van der Waals surface area contributed by atoms with Crippen LogP contribution in [0.15, 0.2) is 0 Å². The number of carbonyl (C=O) groups excluding carboxylic acids is 1. The van der Waals surface area contributed by atoms with Gasteiger partial charge in [0.2, 0.25) is 5.91 Å². The molecular formula is C11H20N2O5. The Morgan fingerprint density at radius 3 is 2.61 bits per heavy atom. The van der Waals surface area contributed by atoms with Crippen LogP contribution in [0.25, 0.3) is 0 Å². The lowest BCUT2D eigenvalue weighted by Crippen LogP contribution is -2.60. The molecule has 1 fully saturated rings. The van der Waals surface area contributed by atoms with E-state index in [0.717, 1.165) is 0 Å². The van der Waals surface area contributed by atoms with Crippen molar-refractivity contribution >= 4 is 11.9 Å². The molecule has 0 radical (unpaired) electrons. The SMILES string of the molecule is COCCC(NC(=O)COC1(C)CNC1)C(=O)O. The first-order valence-corrected chi connectivity index (χ1v) is 5.82. The Hall–Kier alpha value is -1.18. The maximum Gasteiger partial charge on any atom is 0.326 e. The number of nitrogens with one attached hydrogen (secondary N) is 2. The maximum atomic E-state index is 11.5. The van der Waals surface area contributed by atoms with Crippen LogP contribution in [0.3, 0.4) is 0 Å². The van der Waals surface area contributed by atoms with Gasteiger partial charge < -0.3 is 25.2 Å². The van der Waals surface area contributed by atoms with E-state index in [9.17, 15) is 9.59 Å². The minimum absolute atomic E-state index is 0.130. The smallest absolute Gasteiger partial charge is 0.326 e. The minimum atomic E-state index is -1.07. The highest BCUT2D eigenvalue weighted by Crippen LogP contribution is 2.14. The van der Waals surface area contributed by atoms with Gasteiger partial charge in [0.15, 0.2) is 0 Å². The van der Waals surface area contributed by atoms with Crippen molar-refractivity contribution in [1.82, 2.24) is 10.6 Å². The molecule has 0 bridgehead atoms.